The number of ketones is 1. The van der Waals surface area contributed by atoms with Gasteiger partial charge in [-0.05, 0) is 57.0 Å². The Morgan fingerprint density at radius 2 is 2.07 bits per heavy atom. The van der Waals surface area contributed by atoms with Crippen LogP contribution in [0.1, 0.15) is 37.6 Å². The number of Topliss-reactive ketones (excluding diaryl/α,β-unsaturated/α-hetero) is 1. The van der Waals surface area contributed by atoms with Crippen LogP contribution in [0.5, 0.6) is 0 Å². The third kappa shape index (κ3) is 3.77. The largest absolute Gasteiger partial charge is 0.485 e. The zero-order valence-corrected chi connectivity index (χ0v) is 16.0. The number of allylic oxidation sites excluding steroid dienone is 2. The topological polar surface area (TPSA) is 75.6 Å². The second kappa shape index (κ2) is 7.09. The number of hydrogen-bond donors (Lipinski definition) is 2. The molecule has 27 heavy (non-hydrogen) atoms. The molecule has 144 valence electrons. The minimum Gasteiger partial charge on any atom is -0.485 e. The van der Waals surface area contributed by atoms with Gasteiger partial charge in [0.15, 0.2) is 0 Å². The summed E-state index contributed by atoms with van der Waals surface area (Å²) in [6.45, 7) is 4.94. The van der Waals surface area contributed by atoms with Gasteiger partial charge in [0, 0.05) is 11.5 Å². The Morgan fingerprint density at radius 1 is 1.37 bits per heavy atom. The van der Waals surface area contributed by atoms with Crippen LogP contribution < -0.4 is 5.32 Å². The summed E-state index contributed by atoms with van der Waals surface area (Å²) in [5, 5.41) is 13.4. The van der Waals surface area contributed by atoms with Gasteiger partial charge in [0.25, 0.3) is 5.91 Å². The number of halogens is 2. The smallest absolute Gasteiger partial charge is 0.251 e. The van der Waals surface area contributed by atoms with Gasteiger partial charge >= 0.3 is 0 Å². The monoisotopic (exact) mass is 393 g/mol. The summed E-state index contributed by atoms with van der Waals surface area (Å²) in [5.41, 5.74) is -0.106. The zero-order chi connectivity index (χ0) is 19.9. The van der Waals surface area contributed by atoms with Crippen molar-refractivity contribution in [3.8, 4) is 0 Å². The van der Waals surface area contributed by atoms with Crippen LogP contribution in [0.3, 0.4) is 0 Å². The third-order valence-electron chi connectivity index (χ3n) is 5.00. The van der Waals surface area contributed by atoms with Gasteiger partial charge < -0.3 is 15.2 Å². The second-order valence-electron chi connectivity index (χ2n) is 7.40. The van der Waals surface area contributed by atoms with Crippen molar-refractivity contribution in [2.75, 3.05) is 0 Å². The minimum absolute atomic E-state index is 0.00693. The highest BCUT2D eigenvalue weighted by molar-refractivity contribution is 6.31. The highest BCUT2D eigenvalue weighted by Crippen LogP contribution is 2.38. The van der Waals surface area contributed by atoms with Crippen molar-refractivity contribution in [1.29, 1.82) is 0 Å². The van der Waals surface area contributed by atoms with Crippen molar-refractivity contribution in [2.45, 2.75) is 44.9 Å². The van der Waals surface area contributed by atoms with Crippen LogP contribution in [0, 0.1) is 11.7 Å². The Labute approximate surface area is 161 Å². The molecule has 1 aromatic carbocycles. The van der Waals surface area contributed by atoms with E-state index in [4.69, 9.17) is 16.3 Å². The van der Waals surface area contributed by atoms with E-state index in [1.165, 1.54) is 19.1 Å². The molecule has 1 heterocycles. The molecule has 0 saturated heterocycles. The van der Waals surface area contributed by atoms with Crippen molar-refractivity contribution in [1.82, 2.24) is 5.32 Å². The predicted octanol–water partition coefficient (Wildman–Crippen LogP) is 3.17. The van der Waals surface area contributed by atoms with E-state index < -0.39 is 29.5 Å². The van der Waals surface area contributed by atoms with E-state index >= 15 is 0 Å². The third-order valence-corrected chi connectivity index (χ3v) is 5.29. The molecule has 0 spiro atoms. The average Bonchev–Trinajstić information content (AvgIpc) is 2.60. The number of amides is 1. The molecule has 0 aromatic heterocycles. The van der Waals surface area contributed by atoms with Gasteiger partial charge in [0.1, 0.15) is 29.1 Å². The summed E-state index contributed by atoms with van der Waals surface area (Å²) in [6, 6.07) is 2.92. The van der Waals surface area contributed by atoms with E-state index in [1.54, 1.807) is 26.0 Å². The molecule has 1 aliphatic heterocycles. The van der Waals surface area contributed by atoms with Crippen LogP contribution in [0.2, 0.25) is 5.02 Å². The lowest BCUT2D eigenvalue weighted by atomic mass is 9.79. The Morgan fingerprint density at radius 3 is 2.70 bits per heavy atom. The van der Waals surface area contributed by atoms with E-state index in [0.717, 1.165) is 6.07 Å². The van der Waals surface area contributed by atoms with Gasteiger partial charge in [0.05, 0.1) is 11.1 Å². The zero-order valence-electron chi connectivity index (χ0n) is 15.3. The van der Waals surface area contributed by atoms with Crippen molar-refractivity contribution in [3.63, 3.8) is 0 Å². The Hall–Kier alpha value is -2.18. The molecular formula is C20H21ClFNO4. The number of benzene rings is 1. The highest BCUT2D eigenvalue weighted by Gasteiger charge is 2.45. The second-order valence-corrected chi connectivity index (χ2v) is 7.81. The number of nitrogens with one attached hydrogen (secondary N) is 1. The number of ether oxygens (including phenoxy) is 1. The van der Waals surface area contributed by atoms with Crippen LogP contribution in [0.15, 0.2) is 41.7 Å². The first-order chi connectivity index (χ1) is 12.6. The first-order valence-corrected chi connectivity index (χ1v) is 9.02. The molecule has 2 aliphatic rings. The van der Waals surface area contributed by atoms with E-state index in [2.05, 4.69) is 5.32 Å². The lowest BCUT2D eigenvalue weighted by Gasteiger charge is -2.44. The summed E-state index contributed by atoms with van der Waals surface area (Å²) >= 11 is 5.76. The van der Waals surface area contributed by atoms with Gasteiger partial charge in [-0.2, -0.15) is 0 Å². The standard InChI is InChI=1S/C20H21ClFNO4/c1-10(24)11-5-7-16-13(8-11)17(18(25)20(2,3)27-16)23-19(26)12-4-6-15(22)14(21)9-12/h4-7,9,11,17-18,25H,8H2,1-3H3,(H,23,26)/t11-,17+,18+/m1/s1. The van der Waals surface area contributed by atoms with Gasteiger partial charge in [-0.1, -0.05) is 17.7 Å². The predicted molar refractivity (Wildman–Crippen MR) is 98.8 cm³/mol. The summed E-state index contributed by atoms with van der Waals surface area (Å²) in [5.74, 6) is -0.912. The molecule has 0 radical (unpaired) electrons. The molecule has 2 N–H and O–H groups in total. The fraction of sp³-hybridized carbons (Fsp3) is 0.400. The molecule has 5 nitrogen and oxygen atoms in total. The lowest BCUT2D eigenvalue weighted by molar-refractivity contribution is -0.120. The van der Waals surface area contributed by atoms with Gasteiger partial charge in [-0.25, -0.2) is 4.39 Å². The van der Waals surface area contributed by atoms with Crippen molar-refractivity contribution in [3.05, 3.63) is 58.1 Å². The maximum Gasteiger partial charge on any atom is 0.251 e. The van der Waals surface area contributed by atoms with Crippen LogP contribution >= 0.6 is 11.6 Å². The van der Waals surface area contributed by atoms with Crippen LogP contribution in [0.4, 0.5) is 4.39 Å². The highest BCUT2D eigenvalue weighted by atomic mass is 35.5. The normalized spacial score (nSPS) is 26.2. The van der Waals surface area contributed by atoms with Gasteiger partial charge in [-0.15, -0.1) is 0 Å². The Bertz CT molecular complexity index is 862. The maximum absolute atomic E-state index is 13.4. The SMILES string of the molecule is CC(=O)[C@@H]1C=CC2=C(C1)[C@H](NC(=O)c1ccc(F)c(Cl)c1)[C@H](O)C(C)(C)O2. The maximum atomic E-state index is 13.4. The number of aliphatic hydroxyl groups is 1. The molecule has 1 aromatic rings. The molecular weight excluding hydrogens is 373 g/mol. The van der Waals surface area contributed by atoms with Crippen molar-refractivity contribution in [2.24, 2.45) is 5.92 Å². The van der Waals surface area contributed by atoms with Crippen molar-refractivity contribution < 1.29 is 23.8 Å². The fourth-order valence-electron chi connectivity index (χ4n) is 3.34. The summed E-state index contributed by atoms with van der Waals surface area (Å²) in [4.78, 5) is 24.5. The molecule has 3 rings (SSSR count). The first kappa shape index (κ1) is 19.6. The number of aliphatic hydroxyl groups excluding tert-OH is 1. The van der Waals surface area contributed by atoms with E-state index in [9.17, 15) is 19.1 Å². The fourth-order valence-corrected chi connectivity index (χ4v) is 3.52. The van der Waals surface area contributed by atoms with E-state index in [1.807, 2.05) is 0 Å². The van der Waals surface area contributed by atoms with Crippen LogP contribution in [-0.2, 0) is 9.53 Å². The Balaban J connectivity index is 1.92. The molecule has 0 unspecified atom stereocenters. The summed E-state index contributed by atoms with van der Waals surface area (Å²) < 4.78 is 19.2. The summed E-state index contributed by atoms with van der Waals surface area (Å²) in [6.07, 6.45) is 2.80. The lowest BCUT2D eigenvalue weighted by Crippen LogP contribution is -2.58. The number of hydrogen-bond acceptors (Lipinski definition) is 4. The molecule has 0 bridgehead atoms. The number of carbonyl (C=O) groups is 2. The molecule has 1 amide bonds. The number of rotatable bonds is 3. The quantitative estimate of drug-likeness (QED) is 0.827. The van der Waals surface area contributed by atoms with Gasteiger partial charge in [0.2, 0.25) is 0 Å². The molecule has 7 heteroatoms. The molecule has 0 fully saturated rings. The van der Waals surface area contributed by atoms with Crippen LogP contribution in [0.25, 0.3) is 0 Å². The summed E-state index contributed by atoms with van der Waals surface area (Å²) in [7, 11) is 0. The first-order valence-electron chi connectivity index (χ1n) is 8.65. The minimum atomic E-state index is -1.03. The molecule has 0 saturated carbocycles. The van der Waals surface area contributed by atoms with E-state index in [0.29, 0.717) is 17.8 Å². The number of carbonyl (C=O) groups excluding carboxylic acids is 2. The molecule has 1 aliphatic carbocycles. The van der Waals surface area contributed by atoms with Crippen LogP contribution in [-0.4, -0.2) is 34.5 Å². The van der Waals surface area contributed by atoms with Gasteiger partial charge in [-0.3, -0.25) is 9.59 Å². The average molecular weight is 394 g/mol. The molecule has 3 atom stereocenters. The Kier molecular flexibility index (Phi) is 5.14. The van der Waals surface area contributed by atoms with Crippen molar-refractivity contribution >= 4 is 23.3 Å². The van der Waals surface area contributed by atoms with E-state index in [-0.39, 0.29) is 22.3 Å².